The van der Waals surface area contributed by atoms with Crippen molar-refractivity contribution in [1.29, 1.82) is 0 Å². The lowest BCUT2D eigenvalue weighted by Crippen LogP contribution is -2.23. The zero-order valence-corrected chi connectivity index (χ0v) is 16.5. The topological polar surface area (TPSA) is 76.7 Å². The number of likely N-dealkylation sites (N-methyl/N-ethyl adjacent to an activating group) is 1. The van der Waals surface area contributed by atoms with Crippen molar-refractivity contribution in [3.05, 3.63) is 71.3 Å². The molecule has 0 aliphatic carbocycles. The Hall–Kier alpha value is -3.28. The van der Waals surface area contributed by atoms with E-state index in [4.69, 9.17) is 9.47 Å². The summed E-state index contributed by atoms with van der Waals surface area (Å²) in [6.07, 6.45) is 2.71. The third-order valence-corrected chi connectivity index (χ3v) is 4.29. The lowest BCUT2D eigenvalue weighted by molar-refractivity contribution is -0.119. The van der Waals surface area contributed by atoms with E-state index in [-0.39, 0.29) is 18.2 Å². The second-order valence-electron chi connectivity index (χ2n) is 6.21. The monoisotopic (exact) mass is 382 g/mol. The maximum absolute atomic E-state index is 12.4. The molecule has 0 bridgehead atoms. The lowest BCUT2D eigenvalue weighted by Gasteiger charge is -2.15. The van der Waals surface area contributed by atoms with Crippen LogP contribution in [-0.2, 0) is 24.2 Å². The summed E-state index contributed by atoms with van der Waals surface area (Å²) in [4.78, 5) is 23.8. The Labute approximate surface area is 165 Å². The number of carbonyl (C=O) groups is 2. The molecule has 2 N–H and O–H groups in total. The quantitative estimate of drug-likeness (QED) is 0.654. The highest BCUT2D eigenvalue weighted by Gasteiger charge is 2.13. The summed E-state index contributed by atoms with van der Waals surface area (Å²) in [5.74, 6) is 1.03. The summed E-state index contributed by atoms with van der Waals surface area (Å²) in [7, 11) is 4.77. The normalized spacial score (nSPS) is 10.1. The number of carbonyl (C=O) groups excluding carboxylic acids is 2. The number of methoxy groups -OCH3 is 2. The van der Waals surface area contributed by atoms with E-state index in [9.17, 15) is 9.59 Å². The maximum atomic E-state index is 12.4. The maximum Gasteiger partial charge on any atom is 0.251 e. The van der Waals surface area contributed by atoms with Gasteiger partial charge in [0.1, 0.15) is 0 Å². The molecule has 2 rings (SSSR count). The zero-order valence-electron chi connectivity index (χ0n) is 16.5. The van der Waals surface area contributed by atoms with E-state index in [2.05, 4.69) is 17.2 Å². The number of nitrogens with one attached hydrogen (secondary N) is 2. The first-order valence-electron chi connectivity index (χ1n) is 8.94. The number of hydrogen-bond acceptors (Lipinski definition) is 4. The second kappa shape index (κ2) is 10.2. The predicted molar refractivity (Wildman–Crippen MR) is 109 cm³/mol. The van der Waals surface area contributed by atoms with Gasteiger partial charge >= 0.3 is 0 Å². The molecule has 6 nitrogen and oxygen atoms in total. The summed E-state index contributed by atoms with van der Waals surface area (Å²) in [5, 5.41) is 5.48. The van der Waals surface area contributed by atoms with Crippen molar-refractivity contribution in [2.24, 2.45) is 0 Å². The van der Waals surface area contributed by atoms with E-state index in [1.54, 1.807) is 51.6 Å². The molecule has 0 atom stereocenters. The number of rotatable bonds is 9. The summed E-state index contributed by atoms with van der Waals surface area (Å²) in [5.41, 5.74) is 3.23. The molecule has 0 unspecified atom stereocenters. The molecular formula is C22H26N2O4. The van der Waals surface area contributed by atoms with Gasteiger partial charge in [0.2, 0.25) is 5.91 Å². The molecular weight excluding hydrogens is 356 g/mol. The Morgan fingerprint density at radius 2 is 1.79 bits per heavy atom. The van der Waals surface area contributed by atoms with E-state index >= 15 is 0 Å². The molecule has 0 aliphatic rings. The highest BCUT2D eigenvalue weighted by atomic mass is 16.5. The summed E-state index contributed by atoms with van der Waals surface area (Å²) < 4.78 is 10.8. The molecule has 0 aromatic heterocycles. The third kappa shape index (κ3) is 5.36. The predicted octanol–water partition coefficient (Wildman–Crippen LogP) is 2.65. The fourth-order valence-corrected chi connectivity index (χ4v) is 2.85. The summed E-state index contributed by atoms with van der Waals surface area (Å²) in [6.45, 7) is 4.12. The van der Waals surface area contributed by atoms with E-state index < -0.39 is 0 Å². The Morgan fingerprint density at radius 1 is 1.07 bits per heavy atom. The van der Waals surface area contributed by atoms with Crippen LogP contribution in [-0.4, -0.2) is 33.1 Å². The van der Waals surface area contributed by atoms with Gasteiger partial charge in [-0.05, 0) is 41.8 Å². The standard InChI is InChI=1S/C22H26N2O4/c1-5-6-18-11-16(12-19(27-3)21(18)28-4)14-24-22(26)17-9-7-15(8-10-17)13-20(25)23-2/h5,7-12H,1,6,13-14H2,2-4H3,(H,23,25)(H,24,26). The average molecular weight is 382 g/mol. The van der Waals surface area contributed by atoms with Gasteiger partial charge in [0.15, 0.2) is 11.5 Å². The van der Waals surface area contributed by atoms with Gasteiger partial charge in [-0.1, -0.05) is 18.2 Å². The number of benzene rings is 2. The molecule has 2 amide bonds. The highest BCUT2D eigenvalue weighted by Crippen LogP contribution is 2.33. The lowest BCUT2D eigenvalue weighted by atomic mass is 10.0. The van der Waals surface area contributed by atoms with Crippen molar-refractivity contribution < 1.29 is 19.1 Å². The van der Waals surface area contributed by atoms with E-state index in [0.717, 1.165) is 16.7 Å². The molecule has 0 fully saturated rings. The molecule has 0 saturated carbocycles. The minimum absolute atomic E-state index is 0.0685. The molecule has 28 heavy (non-hydrogen) atoms. The van der Waals surface area contributed by atoms with Crippen molar-refractivity contribution in [3.8, 4) is 11.5 Å². The van der Waals surface area contributed by atoms with Gasteiger partial charge in [-0.2, -0.15) is 0 Å². The molecule has 0 radical (unpaired) electrons. The second-order valence-corrected chi connectivity index (χ2v) is 6.21. The molecule has 2 aromatic carbocycles. The van der Waals surface area contributed by atoms with E-state index in [0.29, 0.717) is 30.0 Å². The van der Waals surface area contributed by atoms with E-state index in [1.165, 1.54) is 0 Å². The molecule has 148 valence electrons. The molecule has 0 heterocycles. The Morgan fingerprint density at radius 3 is 2.36 bits per heavy atom. The smallest absolute Gasteiger partial charge is 0.251 e. The molecule has 0 saturated heterocycles. The van der Waals surface area contributed by atoms with Crippen LogP contribution in [0.1, 0.15) is 27.0 Å². The van der Waals surface area contributed by atoms with Gasteiger partial charge < -0.3 is 20.1 Å². The van der Waals surface area contributed by atoms with Crippen LogP contribution in [0.4, 0.5) is 0 Å². The zero-order chi connectivity index (χ0) is 20.5. The van der Waals surface area contributed by atoms with Crippen LogP contribution < -0.4 is 20.1 Å². The van der Waals surface area contributed by atoms with Gasteiger partial charge in [0.25, 0.3) is 5.91 Å². The summed E-state index contributed by atoms with van der Waals surface area (Å²) >= 11 is 0. The average Bonchev–Trinajstić information content (AvgIpc) is 2.72. The van der Waals surface area contributed by atoms with Crippen molar-refractivity contribution >= 4 is 11.8 Å². The van der Waals surface area contributed by atoms with E-state index in [1.807, 2.05) is 12.1 Å². The molecule has 2 aromatic rings. The fraction of sp³-hybridized carbons (Fsp3) is 0.273. The van der Waals surface area contributed by atoms with Crippen LogP contribution in [0.2, 0.25) is 0 Å². The Kier molecular flexibility index (Phi) is 7.63. The number of amides is 2. The van der Waals surface area contributed by atoms with Gasteiger partial charge in [-0.3, -0.25) is 9.59 Å². The minimum atomic E-state index is -0.188. The van der Waals surface area contributed by atoms with Crippen LogP contribution in [0.3, 0.4) is 0 Å². The van der Waals surface area contributed by atoms with Crippen LogP contribution >= 0.6 is 0 Å². The van der Waals surface area contributed by atoms with Gasteiger partial charge in [0, 0.05) is 24.7 Å². The first kappa shape index (κ1) is 21.0. The van der Waals surface area contributed by atoms with Crippen molar-refractivity contribution in [2.45, 2.75) is 19.4 Å². The molecule has 0 aliphatic heterocycles. The number of allylic oxidation sites excluding steroid dienone is 1. The van der Waals surface area contributed by atoms with Crippen LogP contribution in [0, 0.1) is 0 Å². The minimum Gasteiger partial charge on any atom is -0.493 e. The Balaban J connectivity index is 2.08. The SMILES string of the molecule is C=CCc1cc(CNC(=O)c2ccc(CC(=O)NC)cc2)cc(OC)c1OC. The fourth-order valence-electron chi connectivity index (χ4n) is 2.85. The van der Waals surface area contributed by atoms with Crippen LogP contribution in [0.5, 0.6) is 11.5 Å². The van der Waals surface area contributed by atoms with Crippen molar-refractivity contribution in [3.63, 3.8) is 0 Å². The molecule has 0 spiro atoms. The van der Waals surface area contributed by atoms with Crippen molar-refractivity contribution in [1.82, 2.24) is 10.6 Å². The third-order valence-electron chi connectivity index (χ3n) is 4.29. The first-order valence-corrected chi connectivity index (χ1v) is 8.94. The van der Waals surface area contributed by atoms with Gasteiger partial charge in [-0.25, -0.2) is 0 Å². The Bertz CT molecular complexity index is 844. The van der Waals surface area contributed by atoms with Crippen LogP contribution in [0.15, 0.2) is 49.1 Å². The summed E-state index contributed by atoms with van der Waals surface area (Å²) in [6, 6.07) is 10.8. The highest BCUT2D eigenvalue weighted by molar-refractivity contribution is 5.94. The van der Waals surface area contributed by atoms with Crippen molar-refractivity contribution in [2.75, 3.05) is 21.3 Å². The first-order chi connectivity index (χ1) is 13.5. The van der Waals surface area contributed by atoms with Crippen LogP contribution in [0.25, 0.3) is 0 Å². The molecule has 6 heteroatoms. The number of ether oxygens (including phenoxy) is 2. The largest absolute Gasteiger partial charge is 0.493 e. The van der Waals surface area contributed by atoms with Gasteiger partial charge in [0.05, 0.1) is 20.6 Å². The number of hydrogen-bond donors (Lipinski definition) is 2. The van der Waals surface area contributed by atoms with Gasteiger partial charge in [-0.15, -0.1) is 6.58 Å².